The van der Waals surface area contributed by atoms with E-state index in [1.54, 1.807) is 0 Å². The molecule has 0 saturated carbocycles. The molecular formula is C14H27N3O. The lowest BCUT2D eigenvalue weighted by Gasteiger charge is -2.39. The molecule has 2 saturated heterocycles. The van der Waals surface area contributed by atoms with Gasteiger partial charge in [0, 0.05) is 31.7 Å². The van der Waals surface area contributed by atoms with Crippen molar-refractivity contribution in [1.29, 1.82) is 0 Å². The average molecular weight is 253 g/mol. The molecule has 0 spiro atoms. The second-order valence-corrected chi connectivity index (χ2v) is 5.69. The Morgan fingerprint density at radius 2 is 1.89 bits per heavy atom. The molecule has 1 N–H and O–H groups in total. The third-order valence-corrected chi connectivity index (χ3v) is 4.60. The molecule has 1 amide bonds. The number of rotatable bonds is 5. The van der Waals surface area contributed by atoms with Crippen molar-refractivity contribution in [3.8, 4) is 0 Å². The van der Waals surface area contributed by atoms with Gasteiger partial charge in [0.2, 0.25) is 5.91 Å². The van der Waals surface area contributed by atoms with Crippen molar-refractivity contribution >= 4 is 5.91 Å². The zero-order valence-electron chi connectivity index (χ0n) is 12.0. The molecule has 2 rings (SSSR count). The van der Waals surface area contributed by atoms with Gasteiger partial charge in [0.1, 0.15) is 0 Å². The molecule has 4 heteroatoms. The Bertz CT molecular complexity index is 281. The highest BCUT2D eigenvalue weighted by Gasteiger charge is 2.41. The van der Waals surface area contributed by atoms with Gasteiger partial charge in [0.05, 0.1) is 6.54 Å². The van der Waals surface area contributed by atoms with Crippen molar-refractivity contribution in [1.82, 2.24) is 15.1 Å². The standard InChI is InChI=1S/C14H27N3O/c1-4-15-11-8-12-6-7-13(9-11)17(12)10-14(18)16(3)5-2/h11-13,15H,4-10H2,1-3H3. The summed E-state index contributed by atoms with van der Waals surface area (Å²) in [5, 5.41) is 3.57. The Hall–Kier alpha value is -0.610. The number of piperidine rings is 1. The Labute approximate surface area is 111 Å². The normalized spacial score (nSPS) is 31.6. The SMILES string of the molecule is CCNC1CC2CCC(C1)N2CC(=O)N(C)CC. The lowest BCUT2D eigenvalue weighted by molar-refractivity contribution is -0.132. The van der Waals surface area contributed by atoms with E-state index in [9.17, 15) is 4.79 Å². The van der Waals surface area contributed by atoms with Crippen molar-refractivity contribution in [2.75, 3.05) is 26.7 Å². The van der Waals surface area contributed by atoms with E-state index in [0.717, 1.165) is 13.1 Å². The summed E-state index contributed by atoms with van der Waals surface area (Å²) < 4.78 is 0. The van der Waals surface area contributed by atoms with Gasteiger partial charge in [0.15, 0.2) is 0 Å². The topological polar surface area (TPSA) is 35.6 Å². The molecule has 0 aromatic heterocycles. The first kappa shape index (κ1) is 13.8. The smallest absolute Gasteiger partial charge is 0.236 e. The maximum absolute atomic E-state index is 12.0. The van der Waals surface area contributed by atoms with Gasteiger partial charge in [-0.25, -0.2) is 0 Å². The van der Waals surface area contributed by atoms with Crippen LogP contribution in [-0.2, 0) is 4.79 Å². The number of likely N-dealkylation sites (N-methyl/N-ethyl adjacent to an activating group) is 1. The number of nitrogens with one attached hydrogen (secondary N) is 1. The summed E-state index contributed by atoms with van der Waals surface area (Å²) in [6.45, 7) is 6.69. The van der Waals surface area contributed by atoms with Crippen molar-refractivity contribution in [3.05, 3.63) is 0 Å². The van der Waals surface area contributed by atoms with E-state index in [2.05, 4.69) is 17.1 Å². The van der Waals surface area contributed by atoms with E-state index in [0.29, 0.717) is 24.7 Å². The van der Waals surface area contributed by atoms with E-state index < -0.39 is 0 Å². The third kappa shape index (κ3) is 2.86. The fourth-order valence-electron chi connectivity index (χ4n) is 3.44. The number of hydrogen-bond donors (Lipinski definition) is 1. The average Bonchev–Trinajstić information content (AvgIpc) is 2.61. The van der Waals surface area contributed by atoms with Gasteiger partial charge in [-0.2, -0.15) is 0 Å². The van der Waals surface area contributed by atoms with E-state index >= 15 is 0 Å². The number of hydrogen-bond acceptors (Lipinski definition) is 3. The van der Waals surface area contributed by atoms with Crippen LogP contribution in [-0.4, -0.2) is 60.5 Å². The van der Waals surface area contributed by atoms with E-state index in [1.807, 2.05) is 18.9 Å². The lowest BCUT2D eigenvalue weighted by Crippen LogP contribution is -2.52. The Morgan fingerprint density at radius 3 is 2.39 bits per heavy atom. The molecule has 2 fully saturated rings. The summed E-state index contributed by atoms with van der Waals surface area (Å²) in [6.07, 6.45) is 4.98. The highest BCUT2D eigenvalue weighted by Crippen LogP contribution is 2.35. The van der Waals surface area contributed by atoms with Crippen LogP contribution in [0.25, 0.3) is 0 Å². The summed E-state index contributed by atoms with van der Waals surface area (Å²) >= 11 is 0. The minimum absolute atomic E-state index is 0.274. The molecule has 4 nitrogen and oxygen atoms in total. The molecule has 104 valence electrons. The van der Waals surface area contributed by atoms with Crippen molar-refractivity contribution < 1.29 is 4.79 Å². The maximum atomic E-state index is 12.0. The number of nitrogens with zero attached hydrogens (tertiary/aromatic N) is 2. The van der Waals surface area contributed by atoms with Crippen LogP contribution in [0.5, 0.6) is 0 Å². The van der Waals surface area contributed by atoms with Crippen LogP contribution < -0.4 is 5.32 Å². The Balaban J connectivity index is 1.90. The van der Waals surface area contributed by atoms with Crippen molar-refractivity contribution in [3.63, 3.8) is 0 Å². The molecule has 2 bridgehead atoms. The molecular weight excluding hydrogens is 226 g/mol. The number of amides is 1. The van der Waals surface area contributed by atoms with Gasteiger partial charge in [-0.15, -0.1) is 0 Å². The van der Waals surface area contributed by atoms with E-state index in [-0.39, 0.29) is 5.91 Å². The van der Waals surface area contributed by atoms with Gasteiger partial charge < -0.3 is 10.2 Å². The summed E-state index contributed by atoms with van der Waals surface area (Å²) in [6, 6.07) is 1.92. The monoisotopic (exact) mass is 253 g/mol. The molecule has 2 heterocycles. The molecule has 0 aliphatic carbocycles. The first-order valence-corrected chi connectivity index (χ1v) is 7.38. The predicted octanol–water partition coefficient (Wildman–Crippen LogP) is 1.07. The fraction of sp³-hybridized carbons (Fsp3) is 0.929. The number of carbonyl (C=O) groups excluding carboxylic acids is 1. The summed E-state index contributed by atoms with van der Waals surface area (Å²) in [7, 11) is 1.90. The van der Waals surface area contributed by atoms with Crippen molar-refractivity contribution in [2.24, 2.45) is 0 Å². The first-order valence-electron chi connectivity index (χ1n) is 7.38. The third-order valence-electron chi connectivity index (χ3n) is 4.60. The van der Waals surface area contributed by atoms with Crippen LogP contribution in [0.3, 0.4) is 0 Å². The molecule has 0 aromatic rings. The van der Waals surface area contributed by atoms with Crippen molar-refractivity contribution in [2.45, 2.75) is 57.7 Å². The molecule has 18 heavy (non-hydrogen) atoms. The lowest BCUT2D eigenvalue weighted by atomic mass is 9.97. The van der Waals surface area contributed by atoms with E-state index in [4.69, 9.17) is 0 Å². The second-order valence-electron chi connectivity index (χ2n) is 5.69. The van der Waals surface area contributed by atoms with Gasteiger partial charge in [-0.3, -0.25) is 9.69 Å². The summed E-state index contributed by atoms with van der Waals surface area (Å²) in [5.41, 5.74) is 0. The van der Waals surface area contributed by atoms with Crippen LogP contribution >= 0.6 is 0 Å². The van der Waals surface area contributed by atoms with Gasteiger partial charge >= 0.3 is 0 Å². The van der Waals surface area contributed by atoms with Crippen LogP contribution in [0.2, 0.25) is 0 Å². The van der Waals surface area contributed by atoms with Gasteiger partial charge in [0.25, 0.3) is 0 Å². The maximum Gasteiger partial charge on any atom is 0.236 e. The Kier molecular flexibility index (Phi) is 4.62. The van der Waals surface area contributed by atoms with Crippen LogP contribution in [0.15, 0.2) is 0 Å². The quantitative estimate of drug-likeness (QED) is 0.796. The minimum atomic E-state index is 0.274. The zero-order valence-corrected chi connectivity index (χ0v) is 12.0. The first-order chi connectivity index (χ1) is 8.65. The summed E-state index contributed by atoms with van der Waals surface area (Å²) in [5.74, 6) is 0.274. The second kappa shape index (κ2) is 6.02. The molecule has 2 aliphatic heterocycles. The highest BCUT2D eigenvalue weighted by molar-refractivity contribution is 5.78. The van der Waals surface area contributed by atoms with Gasteiger partial charge in [-0.1, -0.05) is 6.92 Å². The fourth-order valence-corrected chi connectivity index (χ4v) is 3.44. The van der Waals surface area contributed by atoms with Crippen LogP contribution in [0, 0.1) is 0 Å². The Morgan fingerprint density at radius 1 is 1.28 bits per heavy atom. The number of fused-ring (bicyclic) bond motifs is 2. The summed E-state index contributed by atoms with van der Waals surface area (Å²) in [4.78, 5) is 16.3. The predicted molar refractivity (Wildman–Crippen MR) is 73.5 cm³/mol. The van der Waals surface area contributed by atoms with Gasteiger partial charge in [-0.05, 0) is 39.2 Å². The van der Waals surface area contributed by atoms with Crippen LogP contribution in [0.1, 0.15) is 39.5 Å². The largest absolute Gasteiger partial charge is 0.345 e. The molecule has 0 radical (unpaired) electrons. The molecule has 2 atom stereocenters. The number of carbonyl (C=O) groups is 1. The van der Waals surface area contributed by atoms with Crippen LogP contribution in [0.4, 0.5) is 0 Å². The van der Waals surface area contributed by atoms with E-state index in [1.165, 1.54) is 25.7 Å². The molecule has 2 aliphatic rings. The zero-order chi connectivity index (χ0) is 13.1. The highest BCUT2D eigenvalue weighted by atomic mass is 16.2. The molecule has 2 unspecified atom stereocenters. The molecule has 0 aromatic carbocycles. The minimum Gasteiger partial charge on any atom is -0.345 e.